The Hall–Kier alpha value is -0.570. The van der Waals surface area contributed by atoms with Crippen LogP contribution >= 0.6 is 22.9 Å². The van der Waals surface area contributed by atoms with Crippen LogP contribution in [-0.2, 0) is 0 Å². The van der Waals surface area contributed by atoms with Crippen molar-refractivity contribution in [1.82, 2.24) is 5.32 Å². The van der Waals surface area contributed by atoms with Crippen LogP contribution < -0.4 is 5.32 Å². The Labute approximate surface area is 103 Å². The summed E-state index contributed by atoms with van der Waals surface area (Å²) in [6.45, 7) is 2.05. The molecule has 1 saturated heterocycles. The summed E-state index contributed by atoms with van der Waals surface area (Å²) >= 11 is 8.48. The quantitative estimate of drug-likeness (QED) is 0.766. The van der Waals surface area contributed by atoms with Crippen LogP contribution in [0.3, 0.4) is 0 Å². The lowest BCUT2D eigenvalue weighted by Gasteiger charge is -2.06. The number of hydrogen-bond acceptors (Lipinski definition) is 2. The van der Waals surface area contributed by atoms with Crippen molar-refractivity contribution in [3.05, 3.63) is 35.2 Å². The first-order valence-corrected chi connectivity index (χ1v) is 6.92. The lowest BCUT2D eigenvalue weighted by atomic mass is 10.1. The third-order valence-corrected chi connectivity index (χ3v) is 5.66. The van der Waals surface area contributed by atoms with Crippen LogP contribution in [0.1, 0.15) is 11.5 Å². The molecule has 1 aliphatic carbocycles. The summed E-state index contributed by atoms with van der Waals surface area (Å²) in [5.74, 6) is 1.22. The number of thiophene rings is 1. The molecule has 2 heterocycles. The van der Waals surface area contributed by atoms with Crippen molar-refractivity contribution < 1.29 is 0 Å². The van der Waals surface area contributed by atoms with E-state index in [1.54, 1.807) is 0 Å². The first-order chi connectivity index (χ1) is 7.81. The average Bonchev–Trinajstić information content (AvgIpc) is 2.71. The lowest BCUT2D eigenvalue weighted by Crippen LogP contribution is -2.19. The highest BCUT2D eigenvalue weighted by molar-refractivity contribution is 7.17. The van der Waals surface area contributed by atoms with Crippen LogP contribution in [0.4, 0.5) is 0 Å². The number of rotatable bonds is 1. The van der Waals surface area contributed by atoms with Gasteiger partial charge >= 0.3 is 0 Å². The van der Waals surface area contributed by atoms with Gasteiger partial charge in [-0.25, -0.2) is 0 Å². The van der Waals surface area contributed by atoms with Gasteiger partial charge in [0.05, 0.1) is 4.87 Å². The molecule has 82 valence electrons. The summed E-state index contributed by atoms with van der Waals surface area (Å²) in [7, 11) is 0. The summed E-state index contributed by atoms with van der Waals surface area (Å²) in [6, 6.07) is 8.65. The fourth-order valence-corrected chi connectivity index (χ4v) is 4.65. The number of hydrogen-bond donors (Lipinski definition) is 1. The van der Waals surface area contributed by atoms with Gasteiger partial charge in [-0.2, -0.15) is 0 Å². The topological polar surface area (TPSA) is 12.0 Å². The van der Waals surface area contributed by atoms with E-state index >= 15 is 0 Å². The second-order valence-corrected chi connectivity index (χ2v) is 6.44. The van der Waals surface area contributed by atoms with Gasteiger partial charge in [0.25, 0.3) is 0 Å². The second kappa shape index (κ2) is 3.00. The molecule has 1 aliphatic heterocycles. The zero-order valence-electron chi connectivity index (χ0n) is 8.74. The maximum Gasteiger partial charge on any atom is 0.0689 e. The van der Waals surface area contributed by atoms with Crippen LogP contribution in [0.2, 0.25) is 0 Å². The molecule has 0 spiro atoms. The van der Waals surface area contributed by atoms with Crippen molar-refractivity contribution in [2.75, 3.05) is 13.1 Å². The predicted molar refractivity (Wildman–Crippen MR) is 69.5 cm³/mol. The van der Waals surface area contributed by atoms with E-state index in [4.69, 9.17) is 11.6 Å². The molecular formula is C13H12ClNS. The van der Waals surface area contributed by atoms with Crippen molar-refractivity contribution in [3.63, 3.8) is 0 Å². The van der Waals surface area contributed by atoms with Gasteiger partial charge in [0.15, 0.2) is 0 Å². The third-order valence-electron chi connectivity index (χ3n) is 4.03. The molecule has 1 saturated carbocycles. The number of fused-ring (bicyclic) bond motifs is 2. The minimum atomic E-state index is 0.0177. The molecule has 3 heteroatoms. The number of piperidine rings is 1. The average molecular weight is 250 g/mol. The van der Waals surface area contributed by atoms with Gasteiger partial charge < -0.3 is 5.32 Å². The second-order valence-electron chi connectivity index (χ2n) is 4.83. The standard InChI is InChI=1S/C13H12ClNS/c14-13-7-15-5-10(13)12(13)9-6-16-11-4-2-1-3-8(9)11/h1-4,6,10,12,15H,5,7H2. The number of benzene rings is 1. The Bertz CT molecular complexity index is 564. The maximum absolute atomic E-state index is 6.64. The molecule has 4 rings (SSSR count). The summed E-state index contributed by atoms with van der Waals surface area (Å²) in [5, 5.41) is 7.09. The monoisotopic (exact) mass is 249 g/mol. The number of nitrogens with one attached hydrogen (secondary N) is 1. The number of halogens is 1. The Balaban J connectivity index is 1.84. The first kappa shape index (κ1) is 9.46. The largest absolute Gasteiger partial charge is 0.315 e. The summed E-state index contributed by atoms with van der Waals surface area (Å²) in [4.78, 5) is 0.0177. The Kier molecular flexibility index (Phi) is 1.78. The summed E-state index contributed by atoms with van der Waals surface area (Å²) in [6.07, 6.45) is 0. The van der Waals surface area contributed by atoms with Crippen molar-refractivity contribution in [2.45, 2.75) is 10.8 Å². The molecule has 0 radical (unpaired) electrons. The van der Waals surface area contributed by atoms with Crippen molar-refractivity contribution >= 4 is 33.0 Å². The van der Waals surface area contributed by atoms with E-state index in [2.05, 4.69) is 35.0 Å². The summed E-state index contributed by atoms with van der Waals surface area (Å²) < 4.78 is 1.38. The molecular weight excluding hydrogens is 238 g/mol. The predicted octanol–water partition coefficient (Wildman–Crippen LogP) is 3.20. The van der Waals surface area contributed by atoms with Gasteiger partial charge in [0.1, 0.15) is 0 Å². The van der Waals surface area contributed by atoms with Crippen LogP contribution in [-0.4, -0.2) is 18.0 Å². The van der Waals surface area contributed by atoms with E-state index in [1.807, 2.05) is 11.3 Å². The molecule has 16 heavy (non-hydrogen) atoms. The Morgan fingerprint density at radius 1 is 1.38 bits per heavy atom. The van der Waals surface area contributed by atoms with E-state index in [-0.39, 0.29) is 4.87 Å². The van der Waals surface area contributed by atoms with E-state index in [0.29, 0.717) is 11.8 Å². The highest BCUT2D eigenvalue weighted by Crippen LogP contribution is 2.65. The molecule has 1 aromatic carbocycles. The fraction of sp³-hybridized carbons (Fsp3) is 0.385. The van der Waals surface area contributed by atoms with Gasteiger partial charge in [-0.3, -0.25) is 0 Å². The van der Waals surface area contributed by atoms with Crippen LogP contribution in [0, 0.1) is 5.92 Å². The number of alkyl halides is 1. The first-order valence-electron chi connectivity index (χ1n) is 5.66. The van der Waals surface area contributed by atoms with Gasteiger partial charge in [0, 0.05) is 29.6 Å². The Morgan fingerprint density at radius 3 is 3.06 bits per heavy atom. The third kappa shape index (κ3) is 1.05. The van der Waals surface area contributed by atoms with Crippen molar-refractivity contribution in [1.29, 1.82) is 0 Å². The lowest BCUT2D eigenvalue weighted by molar-refractivity contribution is 0.695. The molecule has 0 amide bonds. The molecule has 1 nitrogen and oxygen atoms in total. The highest BCUT2D eigenvalue weighted by atomic mass is 35.5. The zero-order valence-corrected chi connectivity index (χ0v) is 10.3. The van der Waals surface area contributed by atoms with Gasteiger partial charge in [0.2, 0.25) is 0 Å². The fourth-order valence-electron chi connectivity index (χ4n) is 3.15. The SMILES string of the molecule is ClC12CNCC1C2c1csc2ccccc12. The van der Waals surface area contributed by atoms with Crippen LogP contribution in [0.25, 0.3) is 10.1 Å². The molecule has 1 N–H and O–H groups in total. The Morgan fingerprint density at radius 2 is 2.25 bits per heavy atom. The van der Waals surface area contributed by atoms with Crippen molar-refractivity contribution in [3.8, 4) is 0 Å². The minimum Gasteiger partial charge on any atom is -0.315 e. The highest BCUT2D eigenvalue weighted by Gasteiger charge is 2.66. The van der Waals surface area contributed by atoms with Crippen LogP contribution in [0.5, 0.6) is 0 Å². The van der Waals surface area contributed by atoms with Crippen molar-refractivity contribution in [2.24, 2.45) is 5.92 Å². The minimum absolute atomic E-state index is 0.0177. The van der Waals surface area contributed by atoms with Gasteiger partial charge in [-0.05, 0) is 22.4 Å². The molecule has 2 fully saturated rings. The van der Waals surface area contributed by atoms with Crippen LogP contribution in [0.15, 0.2) is 29.6 Å². The molecule has 1 aromatic heterocycles. The normalized spacial score (nSPS) is 36.6. The smallest absolute Gasteiger partial charge is 0.0689 e. The van der Waals surface area contributed by atoms with Gasteiger partial charge in [-0.15, -0.1) is 22.9 Å². The molecule has 3 atom stereocenters. The zero-order chi connectivity index (χ0) is 10.8. The van der Waals surface area contributed by atoms with E-state index in [9.17, 15) is 0 Å². The van der Waals surface area contributed by atoms with E-state index in [1.165, 1.54) is 15.6 Å². The van der Waals surface area contributed by atoms with E-state index < -0.39 is 0 Å². The summed E-state index contributed by atoms with van der Waals surface area (Å²) in [5.41, 5.74) is 1.47. The van der Waals surface area contributed by atoms with Gasteiger partial charge in [-0.1, -0.05) is 18.2 Å². The van der Waals surface area contributed by atoms with E-state index in [0.717, 1.165) is 13.1 Å². The molecule has 2 aliphatic rings. The molecule has 2 aromatic rings. The molecule has 3 unspecified atom stereocenters. The maximum atomic E-state index is 6.64. The molecule has 0 bridgehead atoms.